The summed E-state index contributed by atoms with van der Waals surface area (Å²) in [5, 5.41) is 4.97. The van der Waals surface area contributed by atoms with Gasteiger partial charge in [0.05, 0.1) is 0 Å². The largest absolute Gasteiger partial charge is 0.445 e. The summed E-state index contributed by atoms with van der Waals surface area (Å²) in [7, 11) is 0. The Morgan fingerprint density at radius 3 is 2.42 bits per heavy atom. The normalized spacial score (nSPS) is 12.8. The van der Waals surface area contributed by atoms with Gasteiger partial charge in [0.15, 0.2) is 0 Å². The van der Waals surface area contributed by atoms with E-state index in [0.29, 0.717) is 6.42 Å². The van der Waals surface area contributed by atoms with Gasteiger partial charge in [-0.3, -0.25) is 9.59 Å². The third-order valence-electron chi connectivity index (χ3n) is 3.45. The van der Waals surface area contributed by atoms with E-state index >= 15 is 0 Å². The highest BCUT2D eigenvalue weighted by Gasteiger charge is 2.22. The summed E-state index contributed by atoms with van der Waals surface area (Å²) in [6.45, 7) is 3.60. The molecule has 0 bridgehead atoms. The van der Waals surface area contributed by atoms with Gasteiger partial charge in [0.2, 0.25) is 11.8 Å². The van der Waals surface area contributed by atoms with Crippen LogP contribution in [0.25, 0.3) is 0 Å². The Balaban J connectivity index is 2.41. The van der Waals surface area contributed by atoms with Crippen molar-refractivity contribution in [1.29, 1.82) is 0 Å². The van der Waals surface area contributed by atoms with E-state index < -0.39 is 30.0 Å². The Hall–Kier alpha value is -2.57. The van der Waals surface area contributed by atoms with Gasteiger partial charge in [-0.15, -0.1) is 0 Å². The highest BCUT2D eigenvalue weighted by molar-refractivity contribution is 5.90. The lowest BCUT2D eigenvalue weighted by Crippen LogP contribution is -2.51. The van der Waals surface area contributed by atoms with Crippen LogP contribution in [0.4, 0.5) is 4.79 Å². The molecule has 0 aliphatic carbocycles. The molecule has 132 valence electrons. The van der Waals surface area contributed by atoms with Crippen LogP contribution in [0, 0.1) is 0 Å². The van der Waals surface area contributed by atoms with Crippen molar-refractivity contribution in [3.63, 3.8) is 0 Å². The summed E-state index contributed by atoms with van der Waals surface area (Å²) in [4.78, 5) is 35.1. The van der Waals surface area contributed by atoms with Crippen LogP contribution in [0.5, 0.6) is 0 Å². The van der Waals surface area contributed by atoms with Gasteiger partial charge in [-0.05, 0) is 18.9 Å². The van der Waals surface area contributed by atoms with Crippen LogP contribution >= 0.6 is 0 Å². The predicted octanol–water partition coefficient (Wildman–Crippen LogP) is 1.46. The second-order valence-electron chi connectivity index (χ2n) is 5.53. The van der Waals surface area contributed by atoms with E-state index in [1.165, 1.54) is 6.92 Å². The van der Waals surface area contributed by atoms with Gasteiger partial charge < -0.3 is 21.1 Å². The van der Waals surface area contributed by atoms with Gasteiger partial charge in [0.1, 0.15) is 18.7 Å². The fraction of sp³-hybridized carbons (Fsp3) is 0.471. The van der Waals surface area contributed by atoms with Gasteiger partial charge in [-0.2, -0.15) is 0 Å². The Bertz CT molecular complexity index is 548. The van der Waals surface area contributed by atoms with Crippen LogP contribution < -0.4 is 16.4 Å². The first kappa shape index (κ1) is 19.5. The number of hydrogen-bond acceptors (Lipinski definition) is 4. The van der Waals surface area contributed by atoms with Gasteiger partial charge in [0.25, 0.3) is 0 Å². The zero-order valence-corrected chi connectivity index (χ0v) is 14.1. The second kappa shape index (κ2) is 10.3. The second-order valence-corrected chi connectivity index (χ2v) is 5.53. The SMILES string of the molecule is CCCC[C@H](NC(=O)[C@@H](C)NC(=O)OCc1ccccc1)C(N)=O. The lowest BCUT2D eigenvalue weighted by Gasteiger charge is -2.19. The Kier molecular flexibility index (Phi) is 8.32. The molecular formula is C17H25N3O4. The molecule has 0 saturated heterocycles. The summed E-state index contributed by atoms with van der Waals surface area (Å²) in [6.07, 6.45) is 1.43. The molecular weight excluding hydrogens is 310 g/mol. The average Bonchev–Trinajstić information content (AvgIpc) is 2.57. The van der Waals surface area contributed by atoms with E-state index in [-0.39, 0.29) is 6.61 Å². The van der Waals surface area contributed by atoms with E-state index in [1.54, 1.807) is 0 Å². The summed E-state index contributed by atoms with van der Waals surface area (Å²) in [5.74, 6) is -1.07. The zero-order chi connectivity index (χ0) is 17.9. The van der Waals surface area contributed by atoms with E-state index in [2.05, 4.69) is 10.6 Å². The van der Waals surface area contributed by atoms with E-state index in [4.69, 9.17) is 10.5 Å². The first-order chi connectivity index (χ1) is 11.4. The van der Waals surface area contributed by atoms with Crippen LogP contribution in [0.15, 0.2) is 30.3 Å². The first-order valence-corrected chi connectivity index (χ1v) is 8.01. The maximum Gasteiger partial charge on any atom is 0.408 e. The molecule has 1 rings (SSSR count). The lowest BCUT2D eigenvalue weighted by atomic mass is 10.1. The molecule has 4 N–H and O–H groups in total. The first-order valence-electron chi connectivity index (χ1n) is 8.01. The molecule has 1 aromatic rings. The van der Waals surface area contributed by atoms with Gasteiger partial charge in [-0.25, -0.2) is 4.79 Å². The summed E-state index contributed by atoms with van der Waals surface area (Å²) < 4.78 is 5.04. The van der Waals surface area contributed by atoms with Crippen molar-refractivity contribution in [2.24, 2.45) is 5.73 Å². The lowest BCUT2D eigenvalue weighted by molar-refractivity contribution is -0.128. The molecule has 24 heavy (non-hydrogen) atoms. The molecule has 0 aromatic heterocycles. The third kappa shape index (κ3) is 7.13. The van der Waals surface area contributed by atoms with Crippen LogP contribution in [-0.2, 0) is 20.9 Å². The van der Waals surface area contributed by atoms with Crippen molar-refractivity contribution in [2.75, 3.05) is 0 Å². The van der Waals surface area contributed by atoms with E-state index in [0.717, 1.165) is 18.4 Å². The highest BCUT2D eigenvalue weighted by atomic mass is 16.5. The number of carbonyl (C=O) groups is 3. The number of benzene rings is 1. The number of nitrogens with two attached hydrogens (primary N) is 1. The van der Waals surface area contributed by atoms with Crippen LogP contribution in [0.1, 0.15) is 38.7 Å². The molecule has 3 amide bonds. The number of primary amides is 1. The zero-order valence-electron chi connectivity index (χ0n) is 14.1. The van der Waals surface area contributed by atoms with Gasteiger partial charge in [-0.1, -0.05) is 50.1 Å². The number of unbranched alkanes of at least 4 members (excludes halogenated alkanes) is 1. The van der Waals surface area contributed by atoms with Crippen molar-refractivity contribution in [3.05, 3.63) is 35.9 Å². The van der Waals surface area contributed by atoms with Crippen molar-refractivity contribution in [3.8, 4) is 0 Å². The third-order valence-corrected chi connectivity index (χ3v) is 3.45. The van der Waals surface area contributed by atoms with Crippen molar-refractivity contribution in [1.82, 2.24) is 10.6 Å². The number of ether oxygens (including phenoxy) is 1. The molecule has 0 unspecified atom stereocenters. The number of hydrogen-bond donors (Lipinski definition) is 3. The van der Waals surface area contributed by atoms with Crippen molar-refractivity contribution >= 4 is 17.9 Å². The average molecular weight is 335 g/mol. The molecule has 7 heteroatoms. The molecule has 0 heterocycles. The van der Waals surface area contributed by atoms with Crippen LogP contribution in [-0.4, -0.2) is 30.0 Å². The molecule has 0 spiro atoms. The number of rotatable bonds is 9. The molecule has 7 nitrogen and oxygen atoms in total. The van der Waals surface area contributed by atoms with Gasteiger partial charge >= 0.3 is 6.09 Å². The van der Waals surface area contributed by atoms with Crippen LogP contribution in [0.3, 0.4) is 0 Å². The van der Waals surface area contributed by atoms with E-state index in [1.807, 2.05) is 37.3 Å². The van der Waals surface area contributed by atoms with Crippen LogP contribution in [0.2, 0.25) is 0 Å². The van der Waals surface area contributed by atoms with Crippen molar-refractivity contribution in [2.45, 2.75) is 51.8 Å². The minimum absolute atomic E-state index is 0.113. The smallest absolute Gasteiger partial charge is 0.408 e. The number of nitrogens with one attached hydrogen (secondary N) is 2. The maximum atomic E-state index is 12.0. The fourth-order valence-corrected chi connectivity index (χ4v) is 2.00. The molecule has 0 aliphatic rings. The minimum atomic E-state index is -0.836. The van der Waals surface area contributed by atoms with Crippen molar-refractivity contribution < 1.29 is 19.1 Å². The summed E-state index contributed by atoms with van der Waals surface area (Å²) in [6, 6.07) is 7.63. The topological polar surface area (TPSA) is 111 Å². The van der Waals surface area contributed by atoms with Gasteiger partial charge in [0, 0.05) is 0 Å². The fourth-order valence-electron chi connectivity index (χ4n) is 2.00. The standard InChI is InChI=1S/C17H25N3O4/c1-3-4-10-14(15(18)21)20-16(22)12(2)19-17(23)24-11-13-8-6-5-7-9-13/h5-9,12,14H,3-4,10-11H2,1-2H3,(H2,18,21)(H,19,23)(H,20,22)/t12-,14+/m1/s1. The highest BCUT2D eigenvalue weighted by Crippen LogP contribution is 2.02. The number of amides is 3. The molecule has 1 aromatic carbocycles. The Labute approximate surface area is 141 Å². The summed E-state index contributed by atoms with van der Waals surface area (Å²) >= 11 is 0. The minimum Gasteiger partial charge on any atom is -0.445 e. The number of carbonyl (C=O) groups excluding carboxylic acids is 3. The Morgan fingerprint density at radius 1 is 1.17 bits per heavy atom. The molecule has 0 aliphatic heterocycles. The predicted molar refractivity (Wildman–Crippen MR) is 89.9 cm³/mol. The molecule has 0 saturated carbocycles. The number of alkyl carbamates (subject to hydrolysis) is 1. The summed E-state index contributed by atoms with van der Waals surface area (Å²) in [5.41, 5.74) is 6.12. The molecule has 0 fully saturated rings. The quantitative estimate of drug-likeness (QED) is 0.634. The molecule has 2 atom stereocenters. The maximum absolute atomic E-state index is 12.0. The molecule has 0 radical (unpaired) electrons. The monoisotopic (exact) mass is 335 g/mol. The Morgan fingerprint density at radius 2 is 1.83 bits per heavy atom. The van der Waals surface area contributed by atoms with E-state index in [9.17, 15) is 14.4 Å².